The molecule has 0 spiro atoms. The number of hydrogen-bond acceptors (Lipinski definition) is 3. The van der Waals surface area contributed by atoms with Gasteiger partial charge in [-0.2, -0.15) is 0 Å². The number of nitrogen functional groups attached to an aromatic ring is 1. The van der Waals surface area contributed by atoms with Crippen molar-refractivity contribution in [2.45, 2.75) is 37.6 Å². The first-order chi connectivity index (χ1) is 10.1. The molecule has 4 heteroatoms. The zero-order valence-electron chi connectivity index (χ0n) is 12.1. The highest BCUT2D eigenvalue weighted by Gasteiger charge is 2.51. The highest BCUT2D eigenvalue weighted by atomic mass is 32.1. The van der Waals surface area contributed by atoms with E-state index >= 15 is 0 Å². The second kappa shape index (κ2) is 5.53. The van der Waals surface area contributed by atoms with Crippen molar-refractivity contribution in [1.82, 2.24) is 5.32 Å². The molecular formula is C17H20N2OS. The molecule has 110 valence electrons. The van der Waals surface area contributed by atoms with Gasteiger partial charge in [0, 0.05) is 23.0 Å². The van der Waals surface area contributed by atoms with Crippen LogP contribution < -0.4 is 11.1 Å². The maximum Gasteiger partial charge on any atom is 0.230 e. The van der Waals surface area contributed by atoms with Gasteiger partial charge in [0.05, 0.1) is 5.41 Å². The molecule has 1 amide bonds. The topological polar surface area (TPSA) is 55.1 Å². The molecule has 1 fully saturated rings. The quantitative estimate of drug-likeness (QED) is 0.834. The average molecular weight is 300 g/mol. The van der Waals surface area contributed by atoms with Gasteiger partial charge in [0.2, 0.25) is 5.91 Å². The normalized spacial score (nSPS) is 17.2. The van der Waals surface area contributed by atoms with Crippen LogP contribution in [0.1, 0.15) is 30.2 Å². The van der Waals surface area contributed by atoms with Crippen molar-refractivity contribution in [3.8, 4) is 0 Å². The first kappa shape index (κ1) is 14.1. The second-order valence-corrected chi connectivity index (χ2v) is 6.89. The van der Waals surface area contributed by atoms with Gasteiger partial charge in [-0.3, -0.25) is 4.79 Å². The van der Waals surface area contributed by atoms with E-state index in [9.17, 15) is 4.79 Å². The fourth-order valence-electron chi connectivity index (χ4n) is 2.72. The molecule has 3 N–H and O–H groups in total. The lowest BCUT2D eigenvalue weighted by Crippen LogP contribution is -2.41. The van der Waals surface area contributed by atoms with Crippen molar-refractivity contribution in [1.29, 1.82) is 0 Å². The molecule has 1 aliphatic carbocycles. The molecule has 1 unspecified atom stereocenters. The lowest BCUT2D eigenvalue weighted by Gasteiger charge is -2.20. The lowest BCUT2D eigenvalue weighted by atomic mass is 9.94. The van der Waals surface area contributed by atoms with E-state index in [1.165, 1.54) is 4.88 Å². The molecule has 3 rings (SSSR count). The minimum atomic E-state index is -0.322. The molecule has 2 aromatic rings. The van der Waals surface area contributed by atoms with Crippen molar-refractivity contribution < 1.29 is 4.79 Å². The van der Waals surface area contributed by atoms with Crippen molar-refractivity contribution in [3.63, 3.8) is 0 Å². The van der Waals surface area contributed by atoms with Crippen molar-refractivity contribution in [3.05, 3.63) is 52.2 Å². The van der Waals surface area contributed by atoms with Gasteiger partial charge in [-0.1, -0.05) is 18.2 Å². The Morgan fingerprint density at radius 1 is 1.33 bits per heavy atom. The summed E-state index contributed by atoms with van der Waals surface area (Å²) >= 11 is 1.73. The largest absolute Gasteiger partial charge is 0.399 e. The Hall–Kier alpha value is -1.81. The molecule has 3 nitrogen and oxygen atoms in total. The molecule has 1 aliphatic rings. The number of carbonyl (C=O) groups is 1. The summed E-state index contributed by atoms with van der Waals surface area (Å²) in [7, 11) is 0. The van der Waals surface area contributed by atoms with Crippen LogP contribution in [-0.2, 0) is 16.6 Å². The second-order valence-electron chi connectivity index (χ2n) is 5.86. The van der Waals surface area contributed by atoms with Crippen molar-refractivity contribution in [2.75, 3.05) is 5.73 Å². The highest BCUT2D eigenvalue weighted by molar-refractivity contribution is 7.09. The fraction of sp³-hybridized carbons (Fsp3) is 0.353. The Labute approximate surface area is 129 Å². The summed E-state index contributed by atoms with van der Waals surface area (Å²) in [4.78, 5) is 13.9. The summed E-state index contributed by atoms with van der Waals surface area (Å²) in [6.45, 7) is 2.07. The van der Waals surface area contributed by atoms with Gasteiger partial charge < -0.3 is 11.1 Å². The predicted octanol–water partition coefficient (Wildman–Crippen LogP) is 3.11. The number of nitrogens with one attached hydrogen (secondary N) is 1. The third-order valence-electron chi connectivity index (χ3n) is 4.11. The van der Waals surface area contributed by atoms with Gasteiger partial charge in [-0.15, -0.1) is 11.3 Å². The molecule has 0 radical (unpaired) electrons. The molecule has 0 aliphatic heterocycles. The van der Waals surface area contributed by atoms with E-state index in [0.29, 0.717) is 0 Å². The molecule has 21 heavy (non-hydrogen) atoms. The number of amides is 1. The van der Waals surface area contributed by atoms with Crippen LogP contribution in [0, 0.1) is 0 Å². The zero-order valence-corrected chi connectivity index (χ0v) is 13.0. The standard InChI is InChI=1S/C17H20N2OS/c1-12(11-15-3-2-10-21-15)19-16(20)17(8-9-17)13-4-6-14(18)7-5-13/h2-7,10,12H,8-9,11,18H2,1H3,(H,19,20). The number of thiophene rings is 1. The van der Waals surface area contributed by atoms with E-state index in [1.807, 2.05) is 30.3 Å². The van der Waals surface area contributed by atoms with Crippen molar-refractivity contribution >= 4 is 22.9 Å². The summed E-state index contributed by atoms with van der Waals surface area (Å²) in [6.07, 6.45) is 2.74. The van der Waals surface area contributed by atoms with E-state index in [2.05, 4.69) is 23.7 Å². The number of hydrogen-bond donors (Lipinski definition) is 2. The number of benzene rings is 1. The van der Waals surface area contributed by atoms with Crippen molar-refractivity contribution in [2.24, 2.45) is 0 Å². The van der Waals surface area contributed by atoms with Gasteiger partial charge in [-0.25, -0.2) is 0 Å². The number of anilines is 1. The molecule has 0 saturated heterocycles. The van der Waals surface area contributed by atoms with Crippen LogP contribution in [0.5, 0.6) is 0 Å². The minimum absolute atomic E-state index is 0.149. The first-order valence-corrected chi connectivity index (χ1v) is 8.17. The van der Waals surface area contributed by atoms with Gasteiger partial charge in [0.15, 0.2) is 0 Å². The van der Waals surface area contributed by atoms with Crippen LogP contribution in [0.3, 0.4) is 0 Å². The summed E-state index contributed by atoms with van der Waals surface area (Å²) in [5.41, 5.74) is 7.22. The van der Waals surface area contributed by atoms with E-state index in [-0.39, 0.29) is 17.4 Å². The molecule has 1 saturated carbocycles. The number of rotatable bonds is 5. The SMILES string of the molecule is CC(Cc1cccs1)NC(=O)C1(c2ccc(N)cc2)CC1. The fourth-order valence-corrected chi connectivity index (χ4v) is 3.55. The van der Waals surface area contributed by atoms with Crippen LogP contribution in [0.4, 0.5) is 5.69 Å². The van der Waals surface area contributed by atoms with E-state index in [1.54, 1.807) is 11.3 Å². The number of carbonyl (C=O) groups excluding carboxylic acids is 1. The van der Waals surface area contributed by atoms with E-state index < -0.39 is 0 Å². The van der Waals surface area contributed by atoms with Crippen LogP contribution in [0.15, 0.2) is 41.8 Å². The summed E-state index contributed by atoms with van der Waals surface area (Å²) < 4.78 is 0. The molecule has 1 aromatic carbocycles. The third kappa shape index (κ3) is 2.95. The van der Waals surface area contributed by atoms with E-state index in [0.717, 1.165) is 30.5 Å². The van der Waals surface area contributed by atoms with Crippen LogP contribution >= 0.6 is 11.3 Å². The molecule has 0 bridgehead atoms. The summed E-state index contributed by atoms with van der Waals surface area (Å²) in [5, 5.41) is 5.24. The maximum atomic E-state index is 12.6. The Kier molecular flexibility index (Phi) is 3.72. The Morgan fingerprint density at radius 3 is 2.62 bits per heavy atom. The average Bonchev–Trinajstić information content (AvgIpc) is 3.12. The zero-order chi connectivity index (χ0) is 14.9. The Bertz CT molecular complexity index is 615. The molecule has 1 atom stereocenters. The van der Waals surface area contributed by atoms with E-state index in [4.69, 9.17) is 5.73 Å². The molecule has 1 heterocycles. The van der Waals surface area contributed by atoms with Gasteiger partial charge in [-0.05, 0) is 48.9 Å². The van der Waals surface area contributed by atoms with Gasteiger partial charge >= 0.3 is 0 Å². The maximum absolute atomic E-state index is 12.6. The predicted molar refractivity (Wildman–Crippen MR) is 87.4 cm³/mol. The lowest BCUT2D eigenvalue weighted by molar-refractivity contribution is -0.124. The number of nitrogens with two attached hydrogens (primary N) is 1. The van der Waals surface area contributed by atoms with Gasteiger partial charge in [0.1, 0.15) is 0 Å². The minimum Gasteiger partial charge on any atom is -0.399 e. The first-order valence-electron chi connectivity index (χ1n) is 7.29. The Morgan fingerprint density at radius 2 is 2.05 bits per heavy atom. The summed E-state index contributed by atoms with van der Waals surface area (Å²) in [6, 6.07) is 12.0. The molecular weight excluding hydrogens is 280 g/mol. The monoisotopic (exact) mass is 300 g/mol. The Balaban J connectivity index is 1.66. The van der Waals surface area contributed by atoms with Crippen LogP contribution in [0.25, 0.3) is 0 Å². The van der Waals surface area contributed by atoms with Gasteiger partial charge in [0.25, 0.3) is 0 Å². The highest BCUT2D eigenvalue weighted by Crippen LogP contribution is 2.48. The third-order valence-corrected chi connectivity index (χ3v) is 5.01. The van der Waals surface area contributed by atoms with Crippen LogP contribution in [-0.4, -0.2) is 11.9 Å². The molecule has 1 aromatic heterocycles. The van der Waals surface area contributed by atoms with Crippen LogP contribution in [0.2, 0.25) is 0 Å². The smallest absolute Gasteiger partial charge is 0.230 e. The summed E-state index contributed by atoms with van der Waals surface area (Å²) in [5.74, 6) is 0.149.